The molecule has 0 fully saturated rings. The fourth-order valence-corrected chi connectivity index (χ4v) is 2.93. The minimum atomic E-state index is 0.447. The molecule has 0 spiro atoms. The minimum Gasteiger partial charge on any atom is -0.368 e. The first-order valence-electron chi connectivity index (χ1n) is 9.58. The summed E-state index contributed by atoms with van der Waals surface area (Å²) in [5.41, 5.74) is 3.66. The molecular weight excluding hydrogens is 348 g/mol. The lowest BCUT2D eigenvalue weighted by molar-refractivity contribution is -0.107. The topological polar surface area (TPSA) is 58.1 Å². The van der Waals surface area contributed by atoms with Crippen molar-refractivity contribution in [2.45, 2.75) is 26.8 Å². The highest BCUT2D eigenvalue weighted by atomic mass is 16.1. The fourth-order valence-electron chi connectivity index (χ4n) is 2.93. The average Bonchev–Trinajstić information content (AvgIpc) is 2.73. The van der Waals surface area contributed by atoms with Crippen molar-refractivity contribution in [1.82, 2.24) is 9.97 Å². The van der Waals surface area contributed by atoms with E-state index in [1.807, 2.05) is 54.6 Å². The molecule has 5 nitrogen and oxygen atoms in total. The molecule has 0 bridgehead atoms. The summed E-state index contributed by atoms with van der Waals surface area (Å²) in [4.78, 5) is 22.5. The number of pyridine rings is 2. The molecule has 0 saturated heterocycles. The molecule has 0 aliphatic heterocycles. The van der Waals surface area contributed by atoms with Gasteiger partial charge in [-0.1, -0.05) is 50.2 Å². The first-order chi connectivity index (χ1) is 13.7. The van der Waals surface area contributed by atoms with Crippen LogP contribution in [0.15, 0.2) is 67.0 Å². The standard InChI is InChI=1S/C23H26N4O/c1-18(2)12-14-25-23-22(27(17-28)16-19-7-6-13-24-15-19)11-10-21(26-23)20-8-4-3-5-9-20/h3-11,13,15,17-18H,12,14,16H2,1-2H3,(H,25,26). The Kier molecular flexibility index (Phi) is 6.73. The zero-order chi connectivity index (χ0) is 19.8. The number of benzene rings is 1. The van der Waals surface area contributed by atoms with Gasteiger partial charge in [-0.15, -0.1) is 0 Å². The average molecular weight is 374 g/mol. The van der Waals surface area contributed by atoms with E-state index in [2.05, 4.69) is 24.1 Å². The number of anilines is 2. The summed E-state index contributed by atoms with van der Waals surface area (Å²) in [7, 11) is 0. The Morgan fingerprint density at radius 1 is 1.07 bits per heavy atom. The van der Waals surface area contributed by atoms with Crippen molar-refractivity contribution in [3.63, 3.8) is 0 Å². The molecular formula is C23H26N4O. The van der Waals surface area contributed by atoms with Crippen LogP contribution in [0.4, 0.5) is 11.5 Å². The largest absolute Gasteiger partial charge is 0.368 e. The van der Waals surface area contributed by atoms with Gasteiger partial charge in [-0.05, 0) is 36.1 Å². The third kappa shape index (κ3) is 5.16. The predicted octanol–water partition coefficient (Wildman–Crippen LogP) is 4.76. The number of hydrogen-bond acceptors (Lipinski definition) is 4. The summed E-state index contributed by atoms with van der Waals surface area (Å²) in [6, 6.07) is 17.8. The van der Waals surface area contributed by atoms with Crippen LogP contribution in [0.5, 0.6) is 0 Å². The molecule has 3 rings (SSSR count). The molecule has 0 aliphatic rings. The second-order valence-corrected chi connectivity index (χ2v) is 7.13. The van der Waals surface area contributed by atoms with Gasteiger partial charge in [0.2, 0.25) is 6.41 Å². The Balaban J connectivity index is 1.91. The summed E-state index contributed by atoms with van der Waals surface area (Å²) >= 11 is 0. The van der Waals surface area contributed by atoms with Crippen LogP contribution in [0, 0.1) is 5.92 Å². The molecule has 2 heterocycles. The maximum absolute atomic E-state index is 11.8. The summed E-state index contributed by atoms with van der Waals surface area (Å²) in [6.45, 7) is 5.63. The predicted molar refractivity (Wildman–Crippen MR) is 114 cm³/mol. The summed E-state index contributed by atoms with van der Waals surface area (Å²) < 4.78 is 0. The lowest BCUT2D eigenvalue weighted by Crippen LogP contribution is -2.22. The van der Waals surface area contributed by atoms with Crippen molar-refractivity contribution in [3.8, 4) is 11.3 Å². The van der Waals surface area contributed by atoms with Gasteiger partial charge in [0, 0.05) is 24.5 Å². The number of carbonyl (C=O) groups is 1. The number of nitrogens with one attached hydrogen (secondary N) is 1. The molecule has 0 saturated carbocycles. The third-order valence-corrected chi connectivity index (χ3v) is 4.47. The van der Waals surface area contributed by atoms with Crippen molar-refractivity contribution in [3.05, 3.63) is 72.6 Å². The number of amides is 1. The van der Waals surface area contributed by atoms with E-state index in [1.54, 1.807) is 17.3 Å². The molecule has 1 amide bonds. The van der Waals surface area contributed by atoms with Crippen LogP contribution < -0.4 is 10.2 Å². The Hall–Kier alpha value is -3.21. The zero-order valence-electron chi connectivity index (χ0n) is 16.4. The van der Waals surface area contributed by atoms with E-state index in [1.165, 1.54) is 0 Å². The molecule has 0 atom stereocenters. The van der Waals surface area contributed by atoms with Crippen molar-refractivity contribution in [2.75, 3.05) is 16.8 Å². The number of nitrogens with zero attached hydrogens (tertiary/aromatic N) is 3. The molecule has 2 aromatic heterocycles. The number of aromatic nitrogens is 2. The van der Waals surface area contributed by atoms with Crippen molar-refractivity contribution < 1.29 is 4.79 Å². The van der Waals surface area contributed by atoms with E-state index >= 15 is 0 Å². The van der Waals surface area contributed by atoms with Gasteiger partial charge in [0.15, 0.2) is 5.82 Å². The summed E-state index contributed by atoms with van der Waals surface area (Å²) in [5.74, 6) is 1.31. The van der Waals surface area contributed by atoms with Gasteiger partial charge in [0.25, 0.3) is 0 Å². The highest BCUT2D eigenvalue weighted by Crippen LogP contribution is 2.29. The molecule has 1 N–H and O–H groups in total. The minimum absolute atomic E-state index is 0.447. The highest BCUT2D eigenvalue weighted by molar-refractivity contribution is 5.83. The van der Waals surface area contributed by atoms with Crippen LogP contribution in [-0.4, -0.2) is 22.9 Å². The monoisotopic (exact) mass is 374 g/mol. The van der Waals surface area contributed by atoms with Gasteiger partial charge < -0.3 is 10.2 Å². The van der Waals surface area contributed by atoms with Gasteiger partial charge >= 0.3 is 0 Å². The number of rotatable bonds is 9. The van der Waals surface area contributed by atoms with Crippen LogP contribution in [0.25, 0.3) is 11.3 Å². The Bertz CT molecular complexity index is 882. The second kappa shape index (κ2) is 9.65. The van der Waals surface area contributed by atoms with Crippen LogP contribution in [-0.2, 0) is 11.3 Å². The van der Waals surface area contributed by atoms with Crippen molar-refractivity contribution in [1.29, 1.82) is 0 Å². The second-order valence-electron chi connectivity index (χ2n) is 7.13. The van der Waals surface area contributed by atoms with E-state index in [9.17, 15) is 4.79 Å². The first-order valence-corrected chi connectivity index (χ1v) is 9.58. The molecule has 28 heavy (non-hydrogen) atoms. The fraction of sp³-hybridized carbons (Fsp3) is 0.261. The van der Waals surface area contributed by atoms with Crippen LogP contribution in [0.3, 0.4) is 0 Å². The van der Waals surface area contributed by atoms with E-state index in [-0.39, 0.29) is 0 Å². The SMILES string of the molecule is CC(C)CCNc1nc(-c2ccccc2)ccc1N(C=O)Cc1cccnc1. The Morgan fingerprint density at radius 3 is 2.57 bits per heavy atom. The van der Waals surface area contributed by atoms with E-state index < -0.39 is 0 Å². The molecule has 1 aromatic carbocycles. The normalized spacial score (nSPS) is 10.7. The Labute approximate surface area is 166 Å². The highest BCUT2D eigenvalue weighted by Gasteiger charge is 2.14. The molecule has 144 valence electrons. The summed E-state index contributed by atoms with van der Waals surface area (Å²) in [5, 5.41) is 3.43. The molecule has 0 radical (unpaired) electrons. The van der Waals surface area contributed by atoms with Gasteiger partial charge in [-0.3, -0.25) is 9.78 Å². The van der Waals surface area contributed by atoms with Gasteiger partial charge in [0.1, 0.15) is 0 Å². The van der Waals surface area contributed by atoms with E-state index in [0.717, 1.165) is 47.7 Å². The van der Waals surface area contributed by atoms with Crippen LogP contribution in [0.1, 0.15) is 25.8 Å². The van der Waals surface area contributed by atoms with Gasteiger partial charge in [-0.25, -0.2) is 4.98 Å². The lowest BCUT2D eigenvalue weighted by atomic mass is 10.1. The van der Waals surface area contributed by atoms with E-state index in [0.29, 0.717) is 12.5 Å². The van der Waals surface area contributed by atoms with Gasteiger partial charge in [-0.2, -0.15) is 0 Å². The third-order valence-electron chi connectivity index (χ3n) is 4.47. The van der Waals surface area contributed by atoms with Crippen LogP contribution in [0.2, 0.25) is 0 Å². The van der Waals surface area contributed by atoms with Gasteiger partial charge in [0.05, 0.1) is 17.9 Å². The maximum atomic E-state index is 11.8. The van der Waals surface area contributed by atoms with Crippen molar-refractivity contribution >= 4 is 17.9 Å². The molecule has 5 heteroatoms. The lowest BCUT2D eigenvalue weighted by Gasteiger charge is -2.22. The van der Waals surface area contributed by atoms with E-state index in [4.69, 9.17) is 4.98 Å². The maximum Gasteiger partial charge on any atom is 0.214 e. The zero-order valence-corrected chi connectivity index (χ0v) is 16.4. The molecule has 0 aliphatic carbocycles. The quantitative estimate of drug-likeness (QED) is 0.548. The first kappa shape index (κ1) is 19.5. The molecule has 0 unspecified atom stereocenters. The summed E-state index contributed by atoms with van der Waals surface area (Å²) in [6.07, 6.45) is 5.37. The Morgan fingerprint density at radius 2 is 1.89 bits per heavy atom. The smallest absolute Gasteiger partial charge is 0.214 e. The molecule has 3 aromatic rings. The number of carbonyl (C=O) groups excluding carboxylic acids is 1. The van der Waals surface area contributed by atoms with Crippen molar-refractivity contribution in [2.24, 2.45) is 5.92 Å². The van der Waals surface area contributed by atoms with Crippen LogP contribution >= 0.6 is 0 Å². The number of hydrogen-bond donors (Lipinski definition) is 1.